The zero-order valence-electron chi connectivity index (χ0n) is 19.6. The molecule has 1 aliphatic heterocycles. The van der Waals surface area contributed by atoms with E-state index < -0.39 is 0 Å². The van der Waals surface area contributed by atoms with E-state index in [0.29, 0.717) is 12.6 Å². The van der Waals surface area contributed by atoms with Crippen molar-refractivity contribution in [2.75, 3.05) is 39.4 Å². The fraction of sp³-hybridized carbons (Fsp3) is 0.609. The van der Waals surface area contributed by atoms with E-state index in [1.165, 1.54) is 5.56 Å². The highest BCUT2D eigenvalue weighted by Crippen LogP contribution is 2.05. The fourth-order valence-corrected chi connectivity index (χ4v) is 3.56. The Morgan fingerprint density at radius 1 is 1.19 bits per heavy atom. The summed E-state index contributed by atoms with van der Waals surface area (Å²) < 4.78 is 7.41. The molecule has 2 heterocycles. The van der Waals surface area contributed by atoms with Crippen molar-refractivity contribution < 1.29 is 4.74 Å². The maximum atomic E-state index is 5.43. The van der Waals surface area contributed by atoms with Crippen LogP contribution in [0.3, 0.4) is 0 Å². The van der Waals surface area contributed by atoms with Crippen LogP contribution in [-0.4, -0.2) is 71.1 Å². The number of morpholine rings is 1. The molecule has 0 saturated carbocycles. The topological polar surface area (TPSA) is 79.6 Å². The Morgan fingerprint density at radius 2 is 1.94 bits per heavy atom. The minimum Gasteiger partial charge on any atom is -0.379 e. The van der Waals surface area contributed by atoms with Crippen molar-refractivity contribution in [1.29, 1.82) is 0 Å². The molecule has 178 valence electrons. The van der Waals surface area contributed by atoms with Gasteiger partial charge in [0, 0.05) is 32.7 Å². The summed E-state index contributed by atoms with van der Waals surface area (Å²) in [6, 6.07) is 10.9. The van der Waals surface area contributed by atoms with Gasteiger partial charge in [-0.2, -0.15) is 0 Å². The third kappa shape index (κ3) is 9.03. The van der Waals surface area contributed by atoms with Crippen molar-refractivity contribution in [1.82, 2.24) is 30.3 Å². The van der Waals surface area contributed by atoms with E-state index in [9.17, 15) is 0 Å². The van der Waals surface area contributed by atoms with Crippen LogP contribution < -0.4 is 10.6 Å². The Bertz CT molecular complexity index is 806. The average molecular weight is 556 g/mol. The summed E-state index contributed by atoms with van der Waals surface area (Å²) in [5.41, 5.74) is 1.36. The SMILES string of the molecule is Cc1nnc(CN=C(NCCCN2CCOCC2)NC(C)CCc2ccccc2)n1C.I. The number of nitrogens with zero attached hydrogens (tertiary/aromatic N) is 5. The number of hydrogen-bond acceptors (Lipinski definition) is 5. The molecule has 1 aromatic carbocycles. The van der Waals surface area contributed by atoms with Crippen LogP contribution >= 0.6 is 24.0 Å². The third-order valence-electron chi connectivity index (χ3n) is 5.70. The van der Waals surface area contributed by atoms with Crippen LogP contribution in [0.15, 0.2) is 35.3 Å². The first kappa shape index (κ1) is 26.5. The van der Waals surface area contributed by atoms with Gasteiger partial charge in [0.25, 0.3) is 0 Å². The lowest BCUT2D eigenvalue weighted by Crippen LogP contribution is -2.44. The molecule has 0 amide bonds. The van der Waals surface area contributed by atoms with Crippen LogP contribution in [-0.2, 0) is 24.8 Å². The molecule has 1 aliphatic rings. The smallest absolute Gasteiger partial charge is 0.191 e. The Kier molecular flexibility index (Phi) is 12.0. The largest absolute Gasteiger partial charge is 0.379 e. The maximum absolute atomic E-state index is 5.43. The summed E-state index contributed by atoms with van der Waals surface area (Å²) in [5.74, 6) is 2.60. The second-order valence-electron chi connectivity index (χ2n) is 8.19. The lowest BCUT2D eigenvalue weighted by Gasteiger charge is -2.26. The van der Waals surface area contributed by atoms with Gasteiger partial charge in [0.15, 0.2) is 11.8 Å². The minimum atomic E-state index is 0. The summed E-state index contributed by atoms with van der Waals surface area (Å²) in [5, 5.41) is 15.4. The standard InChI is InChI=1S/C23H37N7O.HI/c1-19(10-11-21-8-5-4-6-9-21)26-23(25-18-22-28-27-20(2)29(22)3)24-12-7-13-30-14-16-31-17-15-30;/h4-6,8-9,19H,7,10-18H2,1-3H3,(H2,24,25,26);1H. The second kappa shape index (κ2) is 14.4. The van der Waals surface area contributed by atoms with Crippen LogP contribution in [0.5, 0.6) is 0 Å². The molecule has 1 aromatic heterocycles. The normalized spacial score (nSPS) is 15.8. The highest BCUT2D eigenvalue weighted by atomic mass is 127. The van der Waals surface area contributed by atoms with Gasteiger partial charge in [0.2, 0.25) is 0 Å². The molecule has 9 heteroatoms. The van der Waals surface area contributed by atoms with Gasteiger partial charge in [0.1, 0.15) is 12.4 Å². The molecule has 8 nitrogen and oxygen atoms in total. The molecule has 32 heavy (non-hydrogen) atoms. The van der Waals surface area contributed by atoms with E-state index in [-0.39, 0.29) is 24.0 Å². The minimum absolute atomic E-state index is 0. The number of hydrogen-bond donors (Lipinski definition) is 2. The van der Waals surface area contributed by atoms with E-state index in [1.54, 1.807) is 0 Å². The summed E-state index contributed by atoms with van der Waals surface area (Å²) in [6.07, 6.45) is 3.16. The number of rotatable bonds is 10. The van der Waals surface area contributed by atoms with Gasteiger partial charge in [0.05, 0.1) is 13.2 Å². The summed E-state index contributed by atoms with van der Waals surface area (Å²) in [4.78, 5) is 7.24. The first-order valence-electron chi connectivity index (χ1n) is 11.4. The van der Waals surface area contributed by atoms with Crippen LogP contribution in [0.4, 0.5) is 0 Å². The second-order valence-corrected chi connectivity index (χ2v) is 8.19. The van der Waals surface area contributed by atoms with Crippen LogP contribution in [0, 0.1) is 6.92 Å². The molecule has 1 fully saturated rings. The highest BCUT2D eigenvalue weighted by Gasteiger charge is 2.11. The Balaban J connectivity index is 0.00000363. The predicted octanol–water partition coefficient (Wildman–Crippen LogP) is 2.52. The highest BCUT2D eigenvalue weighted by molar-refractivity contribution is 14.0. The van der Waals surface area contributed by atoms with E-state index >= 15 is 0 Å². The summed E-state index contributed by atoms with van der Waals surface area (Å²) >= 11 is 0. The molecule has 0 spiro atoms. The molecule has 2 N–H and O–H groups in total. The summed E-state index contributed by atoms with van der Waals surface area (Å²) in [7, 11) is 1.98. The Labute approximate surface area is 209 Å². The van der Waals surface area contributed by atoms with E-state index in [4.69, 9.17) is 9.73 Å². The van der Waals surface area contributed by atoms with Gasteiger partial charge in [-0.15, -0.1) is 34.2 Å². The number of aromatic nitrogens is 3. The molecule has 0 aliphatic carbocycles. The average Bonchev–Trinajstić information content (AvgIpc) is 3.12. The molecule has 2 aromatic rings. The molecular formula is C23H38IN7O. The molecule has 0 bridgehead atoms. The lowest BCUT2D eigenvalue weighted by molar-refractivity contribution is 0.0376. The number of halogens is 1. The van der Waals surface area contributed by atoms with E-state index in [0.717, 1.165) is 76.3 Å². The Hall–Kier alpha value is -1.72. The van der Waals surface area contributed by atoms with Crippen molar-refractivity contribution in [2.24, 2.45) is 12.0 Å². The number of ether oxygens (including phenoxy) is 1. The number of benzene rings is 1. The molecule has 3 rings (SSSR count). The zero-order valence-corrected chi connectivity index (χ0v) is 21.9. The van der Waals surface area contributed by atoms with Crippen molar-refractivity contribution in [3.63, 3.8) is 0 Å². The van der Waals surface area contributed by atoms with Crippen molar-refractivity contribution >= 4 is 29.9 Å². The van der Waals surface area contributed by atoms with Crippen molar-refractivity contribution in [2.45, 2.75) is 45.7 Å². The fourth-order valence-electron chi connectivity index (χ4n) is 3.56. The van der Waals surface area contributed by atoms with E-state index in [2.05, 4.69) is 63.0 Å². The molecule has 1 saturated heterocycles. The molecule has 1 atom stereocenters. The number of aryl methyl sites for hydroxylation is 2. The number of nitrogens with one attached hydrogen (secondary N) is 2. The first-order valence-corrected chi connectivity index (χ1v) is 11.4. The van der Waals surface area contributed by atoms with Crippen LogP contribution in [0.1, 0.15) is 37.0 Å². The van der Waals surface area contributed by atoms with Gasteiger partial charge in [-0.05, 0) is 45.2 Å². The van der Waals surface area contributed by atoms with Gasteiger partial charge in [-0.3, -0.25) is 4.90 Å². The van der Waals surface area contributed by atoms with Gasteiger partial charge >= 0.3 is 0 Å². The quantitative estimate of drug-likeness (QED) is 0.203. The summed E-state index contributed by atoms with van der Waals surface area (Å²) in [6.45, 7) is 10.4. The third-order valence-corrected chi connectivity index (χ3v) is 5.70. The van der Waals surface area contributed by atoms with Gasteiger partial charge < -0.3 is 19.9 Å². The predicted molar refractivity (Wildman–Crippen MR) is 140 cm³/mol. The molecular weight excluding hydrogens is 517 g/mol. The van der Waals surface area contributed by atoms with Crippen LogP contribution in [0.25, 0.3) is 0 Å². The lowest BCUT2D eigenvalue weighted by atomic mass is 10.1. The molecule has 0 radical (unpaired) electrons. The Morgan fingerprint density at radius 3 is 2.62 bits per heavy atom. The maximum Gasteiger partial charge on any atom is 0.191 e. The van der Waals surface area contributed by atoms with E-state index in [1.807, 2.05) is 18.5 Å². The van der Waals surface area contributed by atoms with Crippen molar-refractivity contribution in [3.05, 3.63) is 47.5 Å². The van der Waals surface area contributed by atoms with Crippen LogP contribution in [0.2, 0.25) is 0 Å². The van der Waals surface area contributed by atoms with Gasteiger partial charge in [-0.25, -0.2) is 4.99 Å². The zero-order chi connectivity index (χ0) is 21.9. The number of aliphatic imine (C=N–C) groups is 1. The first-order chi connectivity index (χ1) is 15.1. The van der Waals surface area contributed by atoms with Crippen molar-refractivity contribution in [3.8, 4) is 0 Å². The monoisotopic (exact) mass is 555 g/mol. The molecule has 1 unspecified atom stereocenters. The van der Waals surface area contributed by atoms with Gasteiger partial charge in [-0.1, -0.05) is 30.3 Å². The number of guanidine groups is 1.